The molecule has 4 nitrogen and oxygen atoms in total. The summed E-state index contributed by atoms with van der Waals surface area (Å²) in [5.74, 6) is 1.78. The molecule has 5 heteroatoms. The Kier molecular flexibility index (Phi) is 4.57. The zero-order valence-electron chi connectivity index (χ0n) is 10.7. The Morgan fingerprint density at radius 1 is 1.00 bits per heavy atom. The number of hydrogen-bond donors (Lipinski definition) is 0. The van der Waals surface area contributed by atoms with Crippen LogP contribution in [0, 0.1) is 0 Å². The normalized spacial score (nSPS) is 9.71. The van der Waals surface area contributed by atoms with Gasteiger partial charge in [0.05, 0.1) is 21.3 Å². The molecule has 0 aliphatic carbocycles. The smallest absolute Gasteiger partial charge is 0.203 e. The summed E-state index contributed by atoms with van der Waals surface area (Å²) in [6.45, 7) is 0. The quantitative estimate of drug-likeness (QED) is 0.768. The van der Waals surface area contributed by atoms with Crippen LogP contribution in [-0.2, 0) is 0 Å². The second-order valence-corrected chi connectivity index (χ2v) is 4.00. The number of hydrogen-bond acceptors (Lipinski definition) is 4. The summed E-state index contributed by atoms with van der Waals surface area (Å²) in [6.07, 6.45) is 0. The first-order chi connectivity index (χ1) is 8.04. The van der Waals surface area contributed by atoms with Crippen LogP contribution in [0.2, 0.25) is 0 Å². The molecule has 0 radical (unpaired) electrons. The van der Waals surface area contributed by atoms with E-state index in [-0.39, 0.29) is 0 Å². The van der Waals surface area contributed by atoms with Crippen LogP contribution in [0.25, 0.3) is 0 Å². The summed E-state index contributed by atoms with van der Waals surface area (Å²) in [6, 6.07) is 3.67. The van der Waals surface area contributed by atoms with Gasteiger partial charge in [0, 0.05) is 19.7 Å². The molecule has 0 bridgehead atoms. The minimum atomic E-state index is 0.570. The minimum absolute atomic E-state index is 0.570. The fourth-order valence-corrected chi connectivity index (χ4v) is 1.58. The highest BCUT2D eigenvalue weighted by Gasteiger charge is 2.15. The first-order valence-electron chi connectivity index (χ1n) is 5.06. The van der Waals surface area contributed by atoms with Crippen LogP contribution in [0.3, 0.4) is 0 Å². The van der Waals surface area contributed by atoms with E-state index in [1.54, 1.807) is 21.3 Å². The van der Waals surface area contributed by atoms with Crippen molar-refractivity contribution in [2.24, 2.45) is 0 Å². The van der Waals surface area contributed by atoms with Gasteiger partial charge in [-0.15, -0.1) is 0 Å². The van der Waals surface area contributed by atoms with Gasteiger partial charge in [-0.2, -0.15) is 0 Å². The third-order valence-corrected chi connectivity index (χ3v) is 2.92. The summed E-state index contributed by atoms with van der Waals surface area (Å²) in [4.78, 5) is 2.57. The third-order valence-electron chi connectivity index (χ3n) is 2.32. The van der Waals surface area contributed by atoms with Crippen LogP contribution in [0.1, 0.15) is 5.56 Å². The van der Waals surface area contributed by atoms with Crippen molar-refractivity contribution in [2.75, 3.05) is 35.4 Å². The molecule has 17 heavy (non-hydrogen) atoms. The van der Waals surface area contributed by atoms with Crippen LogP contribution in [0.5, 0.6) is 17.2 Å². The minimum Gasteiger partial charge on any atom is -0.493 e. The molecule has 1 aromatic rings. The molecule has 94 valence electrons. The molecule has 1 rings (SSSR count). The van der Waals surface area contributed by atoms with Crippen molar-refractivity contribution in [3.63, 3.8) is 0 Å². The molecule has 0 heterocycles. The molecule has 0 saturated carbocycles. The molecule has 1 aromatic carbocycles. The first-order valence-corrected chi connectivity index (χ1v) is 5.47. The lowest BCUT2D eigenvalue weighted by molar-refractivity contribution is 0.324. The third kappa shape index (κ3) is 2.79. The van der Waals surface area contributed by atoms with Crippen LogP contribution in [-0.4, -0.2) is 45.3 Å². The van der Waals surface area contributed by atoms with Crippen molar-refractivity contribution in [2.45, 2.75) is 0 Å². The lowest BCUT2D eigenvalue weighted by atomic mass is 10.1. The van der Waals surface area contributed by atoms with Gasteiger partial charge in [0.25, 0.3) is 0 Å². The summed E-state index contributed by atoms with van der Waals surface area (Å²) in [5.41, 5.74) is 0.861. The average molecular weight is 255 g/mol. The molecule has 0 aromatic heterocycles. The molecule has 0 aliphatic rings. The van der Waals surface area contributed by atoms with E-state index >= 15 is 0 Å². The molecule has 0 fully saturated rings. The molecule has 0 spiro atoms. The zero-order chi connectivity index (χ0) is 13.0. The van der Waals surface area contributed by atoms with Gasteiger partial charge in [0.1, 0.15) is 4.99 Å². The Morgan fingerprint density at radius 3 is 1.76 bits per heavy atom. The molecule has 0 unspecified atom stereocenters. The van der Waals surface area contributed by atoms with Crippen molar-refractivity contribution in [1.82, 2.24) is 4.90 Å². The molecule has 0 aliphatic heterocycles. The number of rotatable bonds is 4. The van der Waals surface area contributed by atoms with Crippen molar-refractivity contribution in [3.8, 4) is 17.2 Å². The van der Waals surface area contributed by atoms with Crippen LogP contribution in [0.15, 0.2) is 12.1 Å². The maximum Gasteiger partial charge on any atom is 0.203 e. The lowest BCUT2D eigenvalue weighted by Gasteiger charge is -2.17. The van der Waals surface area contributed by atoms with Crippen molar-refractivity contribution >= 4 is 17.2 Å². The fraction of sp³-hybridized carbons (Fsp3) is 0.417. The lowest BCUT2D eigenvalue weighted by Crippen LogP contribution is -2.20. The van der Waals surface area contributed by atoms with Gasteiger partial charge in [-0.05, 0) is 12.1 Å². The maximum atomic E-state index is 5.31. The summed E-state index contributed by atoms with van der Waals surface area (Å²) in [7, 11) is 8.53. The predicted molar refractivity (Wildman–Crippen MR) is 71.5 cm³/mol. The van der Waals surface area contributed by atoms with E-state index in [0.29, 0.717) is 22.2 Å². The molecule has 0 atom stereocenters. The van der Waals surface area contributed by atoms with E-state index in [4.69, 9.17) is 26.4 Å². The Labute approximate surface area is 107 Å². The highest BCUT2D eigenvalue weighted by molar-refractivity contribution is 7.80. The number of methoxy groups -OCH3 is 3. The Hall–Kier alpha value is -1.49. The summed E-state index contributed by atoms with van der Waals surface area (Å²) >= 11 is 5.31. The van der Waals surface area contributed by atoms with Crippen molar-refractivity contribution in [3.05, 3.63) is 17.7 Å². The molecular formula is C12H17NO3S. The topological polar surface area (TPSA) is 30.9 Å². The van der Waals surface area contributed by atoms with Gasteiger partial charge in [-0.3, -0.25) is 0 Å². The first kappa shape index (κ1) is 13.6. The van der Waals surface area contributed by atoms with Crippen molar-refractivity contribution in [1.29, 1.82) is 0 Å². The van der Waals surface area contributed by atoms with Crippen molar-refractivity contribution < 1.29 is 14.2 Å². The van der Waals surface area contributed by atoms with E-state index in [0.717, 1.165) is 5.56 Å². The molecule has 0 N–H and O–H groups in total. The van der Waals surface area contributed by atoms with E-state index in [2.05, 4.69) is 0 Å². The largest absolute Gasteiger partial charge is 0.493 e. The van der Waals surface area contributed by atoms with Gasteiger partial charge >= 0.3 is 0 Å². The summed E-state index contributed by atoms with van der Waals surface area (Å²) < 4.78 is 15.8. The Balaban J connectivity index is 3.32. The van der Waals surface area contributed by atoms with E-state index in [1.165, 1.54) is 0 Å². The molecule has 0 amide bonds. The maximum absolute atomic E-state index is 5.31. The van der Waals surface area contributed by atoms with Gasteiger partial charge < -0.3 is 19.1 Å². The van der Waals surface area contributed by atoms with Crippen LogP contribution < -0.4 is 14.2 Å². The van der Waals surface area contributed by atoms with Gasteiger partial charge in [0.2, 0.25) is 5.75 Å². The highest BCUT2D eigenvalue weighted by Crippen LogP contribution is 2.38. The van der Waals surface area contributed by atoms with Gasteiger partial charge in [0.15, 0.2) is 11.5 Å². The zero-order valence-corrected chi connectivity index (χ0v) is 11.6. The second kappa shape index (κ2) is 5.72. The fourth-order valence-electron chi connectivity index (χ4n) is 1.46. The van der Waals surface area contributed by atoms with Gasteiger partial charge in [-0.1, -0.05) is 12.2 Å². The average Bonchev–Trinajstić information content (AvgIpc) is 2.35. The van der Waals surface area contributed by atoms with Crippen LogP contribution in [0.4, 0.5) is 0 Å². The Bertz CT molecular complexity index is 393. The Morgan fingerprint density at radius 2 is 1.47 bits per heavy atom. The van der Waals surface area contributed by atoms with Gasteiger partial charge in [-0.25, -0.2) is 0 Å². The van der Waals surface area contributed by atoms with Crippen LogP contribution >= 0.6 is 12.2 Å². The van der Waals surface area contributed by atoms with E-state index < -0.39 is 0 Å². The second-order valence-electron chi connectivity index (χ2n) is 3.61. The van der Waals surface area contributed by atoms with E-state index in [1.807, 2.05) is 31.1 Å². The predicted octanol–water partition coefficient (Wildman–Crippen LogP) is 1.95. The number of benzene rings is 1. The number of nitrogens with zero attached hydrogens (tertiary/aromatic N) is 1. The molecular weight excluding hydrogens is 238 g/mol. The summed E-state index contributed by atoms with van der Waals surface area (Å²) in [5, 5.41) is 0. The van der Waals surface area contributed by atoms with E-state index in [9.17, 15) is 0 Å². The monoisotopic (exact) mass is 255 g/mol. The standard InChI is InChI=1S/C12H17NO3S/c1-13(2)12(17)8-6-9(14-3)11(16-5)10(7-8)15-4/h6-7H,1-5H3. The SMILES string of the molecule is COc1cc(C(=S)N(C)C)cc(OC)c1OC. The number of thiocarbonyl (C=S) groups is 1. The number of ether oxygens (including phenoxy) is 3. The highest BCUT2D eigenvalue weighted by atomic mass is 32.1. The molecule has 0 saturated heterocycles.